The molecule has 0 fully saturated rings. The smallest absolute Gasteiger partial charge is 0.344 e. The summed E-state index contributed by atoms with van der Waals surface area (Å²) < 4.78 is 17.9. The number of ether oxygens (including phenoxy) is 1. The van der Waals surface area contributed by atoms with Gasteiger partial charge in [0.2, 0.25) is 0 Å². The van der Waals surface area contributed by atoms with Gasteiger partial charge in [0.05, 0.1) is 24.2 Å². The number of aromatic amines is 1. The fraction of sp³-hybridized carbons (Fsp3) is 0.211. The molecule has 3 aromatic rings. The average Bonchev–Trinajstić information content (AvgIpc) is 2.62. The van der Waals surface area contributed by atoms with Gasteiger partial charge in [0.15, 0.2) is 0 Å². The Morgan fingerprint density at radius 3 is 2.65 bits per heavy atom. The first-order chi connectivity index (χ1) is 12.5. The van der Waals surface area contributed by atoms with E-state index in [2.05, 4.69) is 9.97 Å². The number of H-pyrrole nitrogens is 1. The van der Waals surface area contributed by atoms with Crippen molar-refractivity contribution in [2.45, 2.75) is 20.0 Å². The van der Waals surface area contributed by atoms with Crippen LogP contribution in [0.2, 0.25) is 0 Å². The summed E-state index contributed by atoms with van der Waals surface area (Å²) in [7, 11) is 0. The summed E-state index contributed by atoms with van der Waals surface area (Å²) >= 11 is 0. The summed E-state index contributed by atoms with van der Waals surface area (Å²) in [6, 6.07) is 7.82. The Bertz CT molecular complexity index is 1010. The van der Waals surface area contributed by atoms with Crippen LogP contribution < -0.4 is 5.56 Å². The number of rotatable bonds is 5. The normalized spacial score (nSPS) is 10.9. The summed E-state index contributed by atoms with van der Waals surface area (Å²) in [6.45, 7) is 1.23. The quantitative estimate of drug-likeness (QED) is 0.685. The highest BCUT2D eigenvalue weighted by Crippen LogP contribution is 2.19. The molecule has 0 aliphatic carbocycles. The number of aromatic nitrogens is 2. The highest BCUT2D eigenvalue weighted by Gasteiger charge is 2.21. The lowest BCUT2D eigenvalue weighted by Gasteiger charge is -2.10. The van der Waals surface area contributed by atoms with Gasteiger partial charge in [-0.2, -0.15) is 0 Å². The number of fused-ring (bicyclic) bond motifs is 1. The van der Waals surface area contributed by atoms with Crippen LogP contribution in [0.3, 0.4) is 0 Å². The monoisotopic (exact) mass is 356 g/mol. The number of esters is 1. The topological polar surface area (TPSA) is 92.3 Å². The number of hydrogen-bond donors (Lipinski definition) is 2. The maximum absolute atomic E-state index is 13.0. The third-order valence-electron chi connectivity index (χ3n) is 3.97. The Morgan fingerprint density at radius 1 is 1.27 bits per heavy atom. The van der Waals surface area contributed by atoms with Crippen molar-refractivity contribution in [3.63, 3.8) is 0 Å². The van der Waals surface area contributed by atoms with E-state index in [0.717, 1.165) is 11.1 Å². The van der Waals surface area contributed by atoms with Crippen molar-refractivity contribution in [1.29, 1.82) is 0 Å². The van der Waals surface area contributed by atoms with Gasteiger partial charge in [-0.05, 0) is 42.7 Å². The average molecular weight is 356 g/mol. The number of hydrogen-bond acceptors (Lipinski definition) is 5. The Hall–Kier alpha value is -3.06. The number of nitrogens with zero attached hydrogens (tertiary/aromatic N) is 1. The first kappa shape index (κ1) is 17.8. The van der Waals surface area contributed by atoms with Gasteiger partial charge in [-0.15, -0.1) is 0 Å². The van der Waals surface area contributed by atoms with Gasteiger partial charge in [0.1, 0.15) is 11.4 Å². The second-order valence-corrected chi connectivity index (χ2v) is 5.73. The minimum Gasteiger partial charge on any atom is -0.462 e. The number of benzene rings is 1. The number of carbonyl (C=O) groups is 1. The van der Waals surface area contributed by atoms with Gasteiger partial charge >= 0.3 is 5.97 Å². The Morgan fingerprint density at radius 2 is 2.00 bits per heavy atom. The molecule has 0 saturated carbocycles. The SMILES string of the molecule is CCOC(=O)c1c(CO)c2ncc(Cc3ccc(F)cc3)cc2[nH]c1=O. The van der Waals surface area contributed by atoms with Crippen LogP contribution in [0.15, 0.2) is 41.3 Å². The third-order valence-corrected chi connectivity index (χ3v) is 3.97. The van der Waals surface area contributed by atoms with Crippen LogP contribution >= 0.6 is 0 Å². The van der Waals surface area contributed by atoms with Crippen LogP contribution in [0.4, 0.5) is 4.39 Å². The van der Waals surface area contributed by atoms with Crippen LogP contribution in [-0.4, -0.2) is 27.7 Å². The number of aliphatic hydroxyl groups excluding tert-OH is 1. The van der Waals surface area contributed by atoms with E-state index in [1.54, 1.807) is 31.3 Å². The van der Waals surface area contributed by atoms with E-state index in [1.807, 2.05) is 0 Å². The fourth-order valence-electron chi connectivity index (χ4n) is 2.79. The lowest BCUT2D eigenvalue weighted by molar-refractivity contribution is 0.0521. The molecule has 0 radical (unpaired) electrons. The van der Waals surface area contributed by atoms with Crippen molar-refractivity contribution in [1.82, 2.24) is 9.97 Å². The number of pyridine rings is 2. The first-order valence-corrected chi connectivity index (χ1v) is 8.09. The van der Waals surface area contributed by atoms with Gasteiger partial charge < -0.3 is 14.8 Å². The number of halogens is 1. The molecule has 0 spiro atoms. The minimum atomic E-state index is -0.795. The van der Waals surface area contributed by atoms with Crippen molar-refractivity contribution < 1.29 is 19.0 Å². The first-order valence-electron chi connectivity index (χ1n) is 8.09. The van der Waals surface area contributed by atoms with Gasteiger partial charge in [-0.25, -0.2) is 9.18 Å². The molecular formula is C19H17FN2O4. The largest absolute Gasteiger partial charge is 0.462 e. The highest BCUT2D eigenvalue weighted by molar-refractivity contribution is 5.95. The second kappa shape index (κ2) is 7.45. The molecule has 0 aliphatic heterocycles. The second-order valence-electron chi connectivity index (χ2n) is 5.73. The van der Waals surface area contributed by atoms with Crippen molar-refractivity contribution in [3.8, 4) is 0 Å². The Labute approximate surface area is 148 Å². The molecule has 0 aliphatic rings. The number of nitrogens with one attached hydrogen (secondary N) is 1. The summed E-state index contributed by atoms with van der Waals surface area (Å²) in [4.78, 5) is 31.2. The summed E-state index contributed by atoms with van der Waals surface area (Å²) in [5.41, 5.74) is 1.69. The highest BCUT2D eigenvalue weighted by atomic mass is 19.1. The molecule has 3 rings (SSSR count). The maximum Gasteiger partial charge on any atom is 0.344 e. The molecule has 0 amide bonds. The lowest BCUT2D eigenvalue weighted by atomic mass is 10.0. The molecule has 134 valence electrons. The predicted molar refractivity (Wildman–Crippen MR) is 93.4 cm³/mol. The van der Waals surface area contributed by atoms with Gasteiger partial charge in [-0.3, -0.25) is 9.78 Å². The summed E-state index contributed by atoms with van der Waals surface area (Å²) in [5.74, 6) is -1.11. The van der Waals surface area contributed by atoms with Crippen molar-refractivity contribution in [3.05, 3.63) is 75.0 Å². The van der Waals surface area contributed by atoms with Crippen molar-refractivity contribution in [2.24, 2.45) is 0 Å². The molecular weight excluding hydrogens is 339 g/mol. The molecule has 0 bridgehead atoms. The molecule has 0 atom stereocenters. The molecule has 2 aromatic heterocycles. The van der Waals surface area contributed by atoms with Gasteiger partial charge in [-0.1, -0.05) is 12.1 Å². The van der Waals surface area contributed by atoms with E-state index in [4.69, 9.17) is 4.74 Å². The zero-order valence-electron chi connectivity index (χ0n) is 14.1. The summed E-state index contributed by atoms with van der Waals surface area (Å²) in [6.07, 6.45) is 2.09. The van der Waals surface area contributed by atoms with Crippen LogP contribution in [0.5, 0.6) is 0 Å². The Kier molecular flexibility index (Phi) is 5.09. The number of aliphatic hydroxyl groups is 1. The Balaban J connectivity index is 2.05. The van der Waals surface area contributed by atoms with E-state index in [9.17, 15) is 19.1 Å². The standard InChI is InChI=1S/C19H17FN2O4/c1-2-26-19(25)16-14(10-23)17-15(22-18(16)24)8-12(9-21-17)7-11-3-5-13(20)6-4-11/h3-6,8-9,23H,2,7,10H2,1H3,(H,22,24). The molecule has 6 nitrogen and oxygen atoms in total. The molecule has 0 unspecified atom stereocenters. The third kappa shape index (κ3) is 3.48. The van der Waals surface area contributed by atoms with E-state index >= 15 is 0 Å². The maximum atomic E-state index is 13.0. The summed E-state index contributed by atoms with van der Waals surface area (Å²) in [5, 5.41) is 9.65. The van der Waals surface area contributed by atoms with E-state index in [-0.39, 0.29) is 23.6 Å². The number of carbonyl (C=O) groups excluding carboxylic acids is 1. The van der Waals surface area contributed by atoms with Crippen LogP contribution in [-0.2, 0) is 17.8 Å². The van der Waals surface area contributed by atoms with Crippen LogP contribution in [0.1, 0.15) is 34.0 Å². The van der Waals surface area contributed by atoms with Crippen molar-refractivity contribution in [2.75, 3.05) is 6.61 Å². The van der Waals surface area contributed by atoms with Gasteiger partial charge in [0.25, 0.3) is 5.56 Å². The molecule has 2 heterocycles. The molecule has 26 heavy (non-hydrogen) atoms. The molecule has 2 N–H and O–H groups in total. The molecule has 0 saturated heterocycles. The zero-order valence-corrected chi connectivity index (χ0v) is 14.1. The minimum absolute atomic E-state index is 0.116. The van der Waals surface area contributed by atoms with Crippen molar-refractivity contribution >= 4 is 17.0 Å². The van der Waals surface area contributed by atoms with Gasteiger partial charge in [0, 0.05) is 11.8 Å². The predicted octanol–water partition coefficient (Wildman–Crippen LogP) is 2.32. The van der Waals surface area contributed by atoms with E-state index < -0.39 is 18.1 Å². The van der Waals surface area contributed by atoms with E-state index in [0.29, 0.717) is 17.5 Å². The zero-order chi connectivity index (χ0) is 18.7. The molecule has 1 aromatic carbocycles. The lowest BCUT2D eigenvalue weighted by Crippen LogP contribution is -2.23. The van der Waals surface area contributed by atoms with Crippen LogP contribution in [0.25, 0.3) is 11.0 Å². The molecule has 7 heteroatoms. The van der Waals surface area contributed by atoms with E-state index in [1.165, 1.54) is 12.1 Å². The van der Waals surface area contributed by atoms with Crippen LogP contribution in [0, 0.1) is 5.82 Å². The fourth-order valence-corrected chi connectivity index (χ4v) is 2.79.